The van der Waals surface area contributed by atoms with Gasteiger partial charge in [-0.2, -0.15) is 12.6 Å². The zero-order chi connectivity index (χ0) is 11.7. The van der Waals surface area contributed by atoms with Crippen molar-refractivity contribution in [2.75, 3.05) is 6.26 Å². The van der Waals surface area contributed by atoms with Crippen LogP contribution in [-0.4, -0.2) is 27.3 Å². The van der Waals surface area contributed by atoms with Crippen LogP contribution in [0, 0.1) is 12.8 Å². The standard InChI is InChI=1S/C5H6N2.C4H6O2.CH4S/c1-5-2-3-6-4-7-5;5-4(6)3-1-2-3;1-2/h2-4H,1H3;3H,1-2H2,(H,5,6);2H,1H3. The smallest absolute Gasteiger partial charge is 0.306 e. The van der Waals surface area contributed by atoms with Gasteiger partial charge in [-0.3, -0.25) is 4.79 Å². The number of hydrogen-bond acceptors (Lipinski definition) is 4. The largest absolute Gasteiger partial charge is 0.481 e. The summed E-state index contributed by atoms with van der Waals surface area (Å²) in [6.45, 7) is 1.93. The zero-order valence-electron chi connectivity index (χ0n) is 8.92. The van der Waals surface area contributed by atoms with E-state index in [9.17, 15) is 4.79 Å². The van der Waals surface area contributed by atoms with E-state index in [4.69, 9.17) is 5.11 Å². The molecule has 4 nitrogen and oxygen atoms in total. The number of aliphatic carboxylic acids is 1. The third-order valence-electron chi connectivity index (χ3n) is 1.66. The van der Waals surface area contributed by atoms with E-state index in [2.05, 4.69) is 22.6 Å². The van der Waals surface area contributed by atoms with Crippen molar-refractivity contribution in [3.05, 3.63) is 24.3 Å². The summed E-state index contributed by atoms with van der Waals surface area (Å²) in [4.78, 5) is 17.4. The van der Waals surface area contributed by atoms with Crippen molar-refractivity contribution in [1.82, 2.24) is 9.97 Å². The molecule has 5 heteroatoms. The lowest BCUT2D eigenvalue weighted by Gasteiger charge is -1.81. The maximum atomic E-state index is 9.76. The molecular formula is C10H16N2O2S. The maximum Gasteiger partial charge on any atom is 0.306 e. The Bertz CT molecular complexity index is 276. The molecule has 0 bridgehead atoms. The predicted molar refractivity (Wildman–Crippen MR) is 62.0 cm³/mol. The van der Waals surface area contributed by atoms with Gasteiger partial charge in [0.05, 0.1) is 5.92 Å². The Balaban J connectivity index is 0.000000227. The summed E-state index contributed by atoms with van der Waals surface area (Å²) in [5.74, 6) is -0.611. The molecule has 15 heavy (non-hydrogen) atoms. The van der Waals surface area contributed by atoms with Crippen LogP contribution in [0.5, 0.6) is 0 Å². The summed E-state index contributed by atoms with van der Waals surface area (Å²) in [5.41, 5.74) is 1.01. The maximum absolute atomic E-state index is 9.76. The van der Waals surface area contributed by atoms with Crippen molar-refractivity contribution >= 4 is 18.6 Å². The second-order valence-electron chi connectivity index (χ2n) is 2.96. The number of nitrogens with zero attached hydrogens (tertiary/aromatic N) is 2. The number of thiol groups is 1. The molecule has 1 aromatic rings. The van der Waals surface area contributed by atoms with Crippen molar-refractivity contribution in [1.29, 1.82) is 0 Å². The van der Waals surface area contributed by atoms with Crippen molar-refractivity contribution in [2.45, 2.75) is 19.8 Å². The number of hydrogen-bond donors (Lipinski definition) is 2. The van der Waals surface area contributed by atoms with Crippen LogP contribution in [0.1, 0.15) is 18.5 Å². The van der Waals surface area contributed by atoms with Gasteiger partial charge in [0.25, 0.3) is 0 Å². The highest BCUT2D eigenvalue weighted by molar-refractivity contribution is 7.79. The van der Waals surface area contributed by atoms with Crippen LogP contribution in [0.3, 0.4) is 0 Å². The first-order valence-corrected chi connectivity index (χ1v) is 5.49. The molecule has 0 aliphatic heterocycles. The number of aryl methyl sites for hydroxylation is 1. The minimum absolute atomic E-state index is 0.0185. The quantitative estimate of drug-likeness (QED) is 0.720. The molecule has 0 radical (unpaired) electrons. The van der Waals surface area contributed by atoms with Gasteiger partial charge in [0.2, 0.25) is 0 Å². The molecule has 2 rings (SSSR count). The van der Waals surface area contributed by atoms with Crippen LogP contribution in [0.4, 0.5) is 0 Å². The van der Waals surface area contributed by atoms with Gasteiger partial charge in [-0.25, -0.2) is 9.97 Å². The summed E-state index contributed by atoms with van der Waals surface area (Å²) in [6, 6.07) is 1.86. The van der Waals surface area contributed by atoms with Crippen LogP contribution in [0.15, 0.2) is 18.6 Å². The average molecular weight is 228 g/mol. The Morgan fingerprint density at radius 3 is 2.27 bits per heavy atom. The van der Waals surface area contributed by atoms with Crippen LogP contribution < -0.4 is 0 Å². The molecule has 0 saturated heterocycles. The lowest BCUT2D eigenvalue weighted by atomic mass is 10.5. The van der Waals surface area contributed by atoms with E-state index in [1.165, 1.54) is 6.33 Å². The zero-order valence-corrected chi connectivity index (χ0v) is 9.82. The highest BCUT2D eigenvalue weighted by atomic mass is 32.1. The molecular weight excluding hydrogens is 212 g/mol. The van der Waals surface area contributed by atoms with E-state index in [0.717, 1.165) is 18.5 Å². The topological polar surface area (TPSA) is 63.1 Å². The molecule has 1 aromatic heterocycles. The lowest BCUT2D eigenvalue weighted by molar-refractivity contribution is -0.138. The molecule has 1 aliphatic carbocycles. The summed E-state index contributed by atoms with van der Waals surface area (Å²) in [6.07, 6.45) is 6.75. The van der Waals surface area contributed by atoms with Crippen LogP contribution in [0.2, 0.25) is 0 Å². The first-order chi connectivity index (χ1) is 7.20. The van der Waals surface area contributed by atoms with Crippen molar-refractivity contribution in [2.24, 2.45) is 5.92 Å². The Morgan fingerprint density at radius 2 is 2.13 bits per heavy atom. The van der Waals surface area contributed by atoms with E-state index in [0.29, 0.717) is 0 Å². The van der Waals surface area contributed by atoms with Gasteiger partial charge in [-0.1, -0.05) is 0 Å². The van der Waals surface area contributed by atoms with Gasteiger partial charge in [-0.05, 0) is 32.1 Å². The highest BCUT2D eigenvalue weighted by Gasteiger charge is 2.28. The van der Waals surface area contributed by atoms with Crippen molar-refractivity contribution in [3.63, 3.8) is 0 Å². The fraction of sp³-hybridized carbons (Fsp3) is 0.500. The minimum atomic E-state index is -0.630. The summed E-state index contributed by atoms with van der Waals surface area (Å²) < 4.78 is 0. The van der Waals surface area contributed by atoms with E-state index >= 15 is 0 Å². The Hall–Kier alpha value is -1.10. The van der Waals surface area contributed by atoms with E-state index in [1.54, 1.807) is 12.5 Å². The van der Waals surface area contributed by atoms with Crippen LogP contribution in [-0.2, 0) is 4.79 Å². The second kappa shape index (κ2) is 8.23. The van der Waals surface area contributed by atoms with E-state index < -0.39 is 5.97 Å². The second-order valence-corrected chi connectivity index (χ2v) is 2.96. The normalized spacial score (nSPS) is 12.7. The minimum Gasteiger partial charge on any atom is -0.481 e. The number of aromatic nitrogens is 2. The molecule has 1 saturated carbocycles. The Morgan fingerprint density at radius 1 is 1.53 bits per heavy atom. The summed E-state index contributed by atoms with van der Waals surface area (Å²) in [5, 5.41) is 8.05. The fourth-order valence-electron chi connectivity index (χ4n) is 0.687. The summed E-state index contributed by atoms with van der Waals surface area (Å²) in [7, 11) is 0. The van der Waals surface area contributed by atoms with E-state index in [1.807, 2.05) is 13.0 Å². The summed E-state index contributed by atoms with van der Waals surface area (Å²) >= 11 is 3.53. The monoisotopic (exact) mass is 228 g/mol. The first-order valence-electron chi connectivity index (χ1n) is 4.60. The Labute approximate surface area is 95.2 Å². The Kier molecular flexibility index (Phi) is 7.62. The fourth-order valence-corrected chi connectivity index (χ4v) is 0.687. The molecule has 0 atom stereocenters. The number of carboxylic acid groups (broad SMARTS) is 1. The van der Waals surface area contributed by atoms with Crippen molar-refractivity contribution < 1.29 is 9.90 Å². The molecule has 1 aliphatic rings. The molecule has 0 unspecified atom stereocenters. The first kappa shape index (κ1) is 13.9. The molecule has 0 amide bonds. The van der Waals surface area contributed by atoms with Crippen LogP contribution in [0.25, 0.3) is 0 Å². The lowest BCUT2D eigenvalue weighted by Crippen LogP contribution is -1.94. The average Bonchev–Trinajstić information content (AvgIpc) is 3.06. The molecule has 0 spiro atoms. The highest BCUT2D eigenvalue weighted by Crippen LogP contribution is 2.28. The van der Waals surface area contributed by atoms with Crippen molar-refractivity contribution in [3.8, 4) is 0 Å². The van der Waals surface area contributed by atoms with E-state index in [-0.39, 0.29) is 5.92 Å². The number of carboxylic acids is 1. The molecule has 84 valence electrons. The van der Waals surface area contributed by atoms with Crippen LogP contribution >= 0.6 is 12.6 Å². The molecule has 1 N–H and O–H groups in total. The molecule has 0 aromatic carbocycles. The third kappa shape index (κ3) is 7.93. The van der Waals surface area contributed by atoms with Gasteiger partial charge >= 0.3 is 5.97 Å². The molecule has 1 heterocycles. The number of carbonyl (C=O) groups is 1. The predicted octanol–water partition coefficient (Wildman–Crippen LogP) is 1.81. The third-order valence-corrected chi connectivity index (χ3v) is 1.66. The van der Waals surface area contributed by atoms with Gasteiger partial charge in [0, 0.05) is 11.9 Å². The van der Waals surface area contributed by atoms with Gasteiger partial charge in [0.1, 0.15) is 6.33 Å². The number of rotatable bonds is 1. The molecule has 1 fully saturated rings. The SMILES string of the molecule is CS.Cc1ccncn1.O=C(O)C1CC1. The van der Waals surface area contributed by atoms with Gasteiger partial charge < -0.3 is 5.11 Å². The van der Waals surface area contributed by atoms with Gasteiger partial charge in [-0.15, -0.1) is 0 Å². The van der Waals surface area contributed by atoms with Gasteiger partial charge in [0.15, 0.2) is 0 Å².